The zero-order chi connectivity index (χ0) is 10.8. The molecule has 1 fully saturated rings. The van der Waals surface area contributed by atoms with Gasteiger partial charge >= 0.3 is 0 Å². The summed E-state index contributed by atoms with van der Waals surface area (Å²) in [5.41, 5.74) is 2.61. The number of aliphatic hydroxyl groups excluding tert-OH is 1. The van der Waals surface area contributed by atoms with Crippen molar-refractivity contribution in [3.8, 4) is 0 Å². The van der Waals surface area contributed by atoms with E-state index in [1.54, 1.807) is 0 Å². The Morgan fingerprint density at radius 2 is 1.93 bits per heavy atom. The van der Waals surface area contributed by atoms with Crippen LogP contribution in [0.2, 0.25) is 0 Å². The van der Waals surface area contributed by atoms with Crippen molar-refractivity contribution in [3.63, 3.8) is 0 Å². The summed E-state index contributed by atoms with van der Waals surface area (Å²) in [4.78, 5) is 2.24. The van der Waals surface area contributed by atoms with Gasteiger partial charge in [0.15, 0.2) is 0 Å². The minimum Gasteiger partial charge on any atom is -0.391 e. The van der Waals surface area contributed by atoms with E-state index in [0.29, 0.717) is 5.92 Å². The summed E-state index contributed by atoms with van der Waals surface area (Å²) < 4.78 is 0. The van der Waals surface area contributed by atoms with E-state index in [9.17, 15) is 5.11 Å². The third-order valence-corrected chi connectivity index (χ3v) is 3.09. The Morgan fingerprint density at radius 1 is 1.27 bits per heavy atom. The number of benzene rings is 1. The van der Waals surface area contributed by atoms with Gasteiger partial charge in [0.05, 0.1) is 6.10 Å². The molecule has 0 amide bonds. The van der Waals surface area contributed by atoms with Crippen molar-refractivity contribution in [2.24, 2.45) is 0 Å². The third-order valence-electron chi connectivity index (χ3n) is 3.09. The van der Waals surface area contributed by atoms with Crippen molar-refractivity contribution in [2.75, 3.05) is 18.0 Å². The summed E-state index contributed by atoms with van der Waals surface area (Å²) in [5.74, 6) is 0.586. The standard InChI is InChI=1S/C13H19NO/c1-10(2)11-3-5-12(6-4-11)14-8-7-13(15)9-14/h3-6,10,13,15H,7-9H2,1-2H3. The number of β-amino-alcohol motifs (C(OH)–C–C–N with tert-alkyl or cyclic N) is 1. The van der Waals surface area contributed by atoms with Crippen molar-refractivity contribution in [2.45, 2.75) is 32.3 Å². The van der Waals surface area contributed by atoms with Gasteiger partial charge in [-0.25, -0.2) is 0 Å². The van der Waals surface area contributed by atoms with E-state index in [-0.39, 0.29) is 6.10 Å². The third kappa shape index (κ3) is 2.32. The van der Waals surface area contributed by atoms with Crippen molar-refractivity contribution >= 4 is 5.69 Å². The maximum absolute atomic E-state index is 9.46. The molecule has 2 rings (SSSR count). The predicted molar refractivity (Wildman–Crippen MR) is 63.4 cm³/mol. The van der Waals surface area contributed by atoms with Crippen LogP contribution in [0.5, 0.6) is 0 Å². The summed E-state index contributed by atoms with van der Waals surface area (Å²) in [6.45, 7) is 6.16. The molecule has 1 saturated heterocycles. The summed E-state index contributed by atoms with van der Waals surface area (Å²) >= 11 is 0. The Morgan fingerprint density at radius 3 is 2.40 bits per heavy atom. The van der Waals surface area contributed by atoms with Crippen LogP contribution in [0.15, 0.2) is 24.3 Å². The van der Waals surface area contributed by atoms with Crippen LogP contribution in [0.1, 0.15) is 31.7 Å². The van der Waals surface area contributed by atoms with E-state index in [2.05, 4.69) is 43.0 Å². The molecule has 1 unspecified atom stereocenters. The Balaban J connectivity index is 2.10. The Hall–Kier alpha value is -1.02. The maximum Gasteiger partial charge on any atom is 0.0731 e. The van der Waals surface area contributed by atoms with E-state index in [4.69, 9.17) is 0 Å². The summed E-state index contributed by atoms with van der Waals surface area (Å²) in [6, 6.07) is 8.69. The van der Waals surface area contributed by atoms with Crippen LogP contribution in [0.25, 0.3) is 0 Å². The first-order chi connectivity index (χ1) is 7.16. The number of aliphatic hydroxyl groups is 1. The number of hydrogen-bond donors (Lipinski definition) is 1. The molecule has 0 radical (unpaired) electrons. The molecule has 0 aliphatic carbocycles. The second-order valence-electron chi connectivity index (χ2n) is 4.63. The Kier molecular flexibility index (Phi) is 2.96. The van der Waals surface area contributed by atoms with Crippen LogP contribution in [-0.4, -0.2) is 24.3 Å². The molecule has 1 aliphatic heterocycles. The van der Waals surface area contributed by atoms with Crippen LogP contribution < -0.4 is 4.90 Å². The molecule has 1 aromatic rings. The fourth-order valence-corrected chi connectivity index (χ4v) is 2.05. The molecule has 1 aromatic carbocycles. The minimum atomic E-state index is -0.144. The zero-order valence-corrected chi connectivity index (χ0v) is 9.48. The van der Waals surface area contributed by atoms with Gasteiger partial charge in [-0.2, -0.15) is 0 Å². The largest absolute Gasteiger partial charge is 0.391 e. The monoisotopic (exact) mass is 205 g/mol. The van der Waals surface area contributed by atoms with Crippen LogP contribution in [0.3, 0.4) is 0 Å². The molecule has 0 saturated carbocycles. The highest BCUT2D eigenvalue weighted by Gasteiger charge is 2.20. The van der Waals surface area contributed by atoms with Gasteiger partial charge in [-0.1, -0.05) is 26.0 Å². The van der Waals surface area contributed by atoms with Crippen LogP contribution in [-0.2, 0) is 0 Å². The highest BCUT2D eigenvalue weighted by Crippen LogP contribution is 2.23. The fraction of sp³-hybridized carbons (Fsp3) is 0.538. The lowest BCUT2D eigenvalue weighted by atomic mass is 10.0. The van der Waals surface area contributed by atoms with Crippen LogP contribution in [0, 0.1) is 0 Å². The number of hydrogen-bond acceptors (Lipinski definition) is 2. The first-order valence-corrected chi connectivity index (χ1v) is 5.70. The van der Waals surface area contributed by atoms with Crippen molar-refractivity contribution in [1.29, 1.82) is 0 Å². The Labute approximate surface area is 91.5 Å². The Bertz CT molecular complexity index is 318. The van der Waals surface area contributed by atoms with Gasteiger partial charge in [0.1, 0.15) is 0 Å². The zero-order valence-electron chi connectivity index (χ0n) is 9.48. The maximum atomic E-state index is 9.46. The lowest BCUT2D eigenvalue weighted by Crippen LogP contribution is -2.20. The molecule has 82 valence electrons. The first-order valence-electron chi connectivity index (χ1n) is 5.70. The lowest BCUT2D eigenvalue weighted by Gasteiger charge is -2.18. The normalized spacial score (nSPS) is 21.3. The van der Waals surface area contributed by atoms with Gasteiger partial charge in [0.25, 0.3) is 0 Å². The second kappa shape index (κ2) is 4.23. The van der Waals surface area contributed by atoms with E-state index in [0.717, 1.165) is 19.5 Å². The van der Waals surface area contributed by atoms with Crippen LogP contribution >= 0.6 is 0 Å². The van der Waals surface area contributed by atoms with E-state index < -0.39 is 0 Å². The van der Waals surface area contributed by atoms with Gasteiger partial charge in [-0.05, 0) is 30.0 Å². The second-order valence-corrected chi connectivity index (χ2v) is 4.63. The molecule has 0 spiro atoms. The number of anilines is 1. The van der Waals surface area contributed by atoms with E-state index in [1.165, 1.54) is 11.3 Å². The summed E-state index contributed by atoms with van der Waals surface area (Å²) in [7, 11) is 0. The van der Waals surface area contributed by atoms with Crippen molar-refractivity contribution < 1.29 is 5.11 Å². The highest BCUT2D eigenvalue weighted by molar-refractivity contribution is 5.49. The van der Waals surface area contributed by atoms with Gasteiger partial charge < -0.3 is 10.0 Å². The van der Waals surface area contributed by atoms with E-state index in [1.807, 2.05) is 0 Å². The molecular weight excluding hydrogens is 186 g/mol. The predicted octanol–water partition coefficient (Wildman–Crippen LogP) is 2.38. The average molecular weight is 205 g/mol. The molecular formula is C13H19NO. The number of nitrogens with zero attached hydrogens (tertiary/aromatic N) is 1. The molecule has 1 N–H and O–H groups in total. The van der Waals surface area contributed by atoms with Crippen molar-refractivity contribution in [1.82, 2.24) is 0 Å². The first kappa shape index (κ1) is 10.5. The average Bonchev–Trinajstić information content (AvgIpc) is 2.65. The molecule has 1 aliphatic rings. The molecule has 15 heavy (non-hydrogen) atoms. The molecule has 0 aromatic heterocycles. The molecule has 1 atom stereocenters. The molecule has 2 heteroatoms. The summed E-state index contributed by atoms with van der Waals surface area (Å²) in [5, 5.41) is 9.46. The minimum absolute atomic E-state index is 0.144. The molecule has 1 heterocycles. The fourth-order valence-electron chi connectivity index (χ4n) is 2.05. The van der Waals surface area contributed by atoms with Gasteiger partial charge in [0, 0.05) is 18.8 Å². The quantitative estimate of drug-likeness (QED) is 0.801. The van der Waals surface area contributed by atoms with Crippen LogP contribution in [0.4, 0.5) is 5.69 Å². The SMILES string of the molecule is CC(C)c1ccc(N2CCC(O)C2)cc1. The summed E-state index contributed by atoms with van der Waals surface area (Å²) in [6.07, 6.45) is 0.751. The van der Waals surface area contributed by atoms with Gasteiger partial charge in [0.2, 0.25) is 0 Å². The van der Waals surface area contributed by atoms with Crippen molar-refractivity contribution in [3.05, 3.63) is 29.8 Å². The van der Waals surface area contributed by atoms with Gasteiger partial charge in [-0.3, -0.25) is 0 Å². The lowest BCUT2D eigenvalue weighted by molar-refractivity contribution is 0.198. The topological polar surface area (TPSA) is 23.5 Å². The highest BCUT2D eigenvalue weighted by atomic mass is 16.3. The number of rotatable bonds is 2. The van der Waals surface area contributed by atoms with E-state index >= 15 is 0 Å². The molecule has 0 bridgehead atoms. The smallest absolute Gasteiger partial charge is 0.0731 e. The van der Waals surface area contributed by atoms with Gasteiger partial charge in [-0.15, -0.1) is 0 Å². The molecule has 2 nitrogen and oxygen atoms in total.